The van der Waals surface area contributed by atoms with Crippen molar-refractivity contribution in [2.24, 2.45) is 0 Å². The number of fused-ring (bicyclic) bond motifs is 2. The molecule has 1 N–H and O–H groups in total. The quantitative estimate of drug-likeness (QED) is 0.586. The summed E-state index contributed by atoms with van der Waals surface area (Å²) in [7, 11) is -2.65. The van der Waals surface area contributed by atoms with Crippen LogP contribution in [-0.4, -0.2) is 89.2 Å². The van der Waals surface area contributed by atoms with Crippen molar-refractivity contribution in [1.29, 1.82) is 0 Å². The SMILES string of the molecule is [2H]C([2H])([2H])OC1CCN(c2nc(-c3c(O)cccc3F)c(Cl)c3c2C(=O)N2CCN(C(=O)C=C)C[C@@H]2CO3)C1(C)C. The highest BCUT2D eigenvalue weighted by atomic mass is 35.5. The molecule has 0 saturated carbocycles. The summed E-state index contributed by atoms with van der Waals surface area (Å²) in [5.74, 6) is -1.85. The van der Waals surface area contributed by atoms with E-state index in [4.69, 9.17) is 25.2 Å². The number of carbonyl (C=O) groups is 2. The Bertz CT molecular complexity index is 1400. The summed E-state index contributed by atoms with van der Waals surface area (Å²) in [5, 5.41) is 10.4. The zero-order chi connectivity index (χ0) is 29.9. The van der Waals surface area contributed by atoms with Crippen molar-refractivity contribution in [2.75, 3.05) is 44.7 Å². The number of benzene rings is 1. The molecule has 0 aliphatic carbocycles. The molecule has 9 nitrogen and oxygen atoms in total. The zero-order valence-corrected chi connectivity index (χ0v) is 21.8. The molecule has 5 rings (SSSR count). The molecule has 1 aromatic heterocycles. The minimum atomic E-state index is -2.65. The molecule has 202 valence electrons. The van der Waals surface area contributed by atoms with E-state index in [1.165, 1.54) is 18.2 Å². The molecular weight excluding hydrogens is 515 g/mol. The van der Waals surface area contributed by atoms with Crippen LogP contribution in [0, 0.1) is 5.82 Å². The van der Waals surface area contributed by atoms with E-state index in [2.05, 4.69) is 11.6 Å². The molecule has 0 bridgehead atoms. The van der Waals surface area contributed by atoms with E-state index in [1.807, 2.05) is 0 Å². The van der Waals surface area contributed by atoms with Crippen LogP contribution in [0.25, 0.3) is 11.3 Å². The van der Waals surface area contributed by atoms with Crippen molar-refractivity contribution in [3.05, 3.63) is 47.3 Å². The Hall–Kier alpha value is -3.37. The minimum Gasteiger partial charge on any atom is -0.507 e. The first kappa shape index (κ1) is 22.6. The van der Waals surface area contributed by atoms with E-state index >= 15 is 4.39 Å². The predicted octanol–water partition coefficient (Wildman–Crippen LogP) is 3.48. The van der Waals surface area contributed by atoms with Gasteiger partial charge >= 0.3 is 0 Å². The number of amides is 2. The zero-order valence-electron chi connectivity index (χ0n) is 24.0. The summed E-state index contributed by atoms with van der Waals surface area (Å²) in [6.45, 7) is 8.02. The molecule has 38 heavy (non-hydrogen) atoms. The average Bonchev–Trinajstić information content (AvgIpc) is 3.09. The van der Waals surface area contributed by atoms with Crippen molar-refractivity contribution in [2.45, 2.75) is 38.0 Å². The lowest BCUT2D eigenvalue weighted by Gasteiger charge is -2.40. The Morgan fingerprint density at radius 1 is 1.37 bits per heavy atom. The highest BCUT2D eigenvalue weighted by molar-refractivity contribution is 6.35. The van der Waals surface area contributed by atoms with Gasteiger partial charge in [0.05, 0.1) is 27.4 Å². The van der Waals surface area contributed by atoms with Crippen molar-refractivity contribution < 1.29 is 32.7 Å². The van der Waals surface area contributed by atoms with Crippen LogP contribution in [0.5, 0.6) is 11.5 Å². The van der Waals surface area contributed by atoms with Gasteiger partial charge < -0.3 is 29.3 Å². The molecule has 2 aromatic rings. The van der Waals surface area contributed by atoms with Gasteiger partial charge in [-0.15, -0.1) is 0 Å². The van der Waals surface area contributed by atoms with Crippen molar-refractivity contribution in [3.8, 4) is 22.8 Å². The second-order valence-electron chi connectivity index (χ2n) is 10.1. The van der Waals surface area contributed by atoms with E-state index in [0.717, 1.165) is 6.07 Å². The molecule has 1 unspecified atom stereocenters. The number of hydrogen-bond donors (Lipinski definition) is 1. The van der Waals surface area contributed by atoms with Gasteiger partial charge in [0.2, 0.25) is 5.91 Å². The summed E-state index contributed by atoms with van der Waals surface area (Å²) >= 11 is 6.78. The molecule has 4 heterocycles. The highest BCUT2D eigenvalue weighted by Crippen LogP contribution is 2.48. The maximum Gasteiger partial charge on any atom is 0.261 e. The molecule has 2 amide bonds. The largest absolute Gasteiger partial charge is 0.507 e. The number of methoxy groups -OCH3 is 1. The third kappa shape index (κ3) is 4.06. The minimum absolute atomic E-state index is 0.0142. The summed E-state index contributed by atoms with van der Waals surface area (Å²) in [4.78, 5) is 36.1. The van der Waals surface area contributed by atoms with Gasteiger partial charge in [0.25, 0.3) is 5.91 Å². The topological polar surface area (TPSA) is 95.4 Å². The van der Waals surface area contributed by atoms with E-state index in [1.54, 1.807) is 28.5 Å². The number of carbonyl (C=O) groups excluding carboxylic acids is 2. The normalized spacial score (nSPS) is 23.9. The van der Waals surface area contributed by atoms with Crippen LogP contribution in [0.15, 0.2) is 30.9 Å². The van der Waals surface area contributed by atoms with Gasteiger partial charge in [0.15, 0.2) is 5.75 Å². The maximum absolute atomic E-state index is 15.1. The van der Waals surface area contributed by atoms with Crippen LogP contribution in [0.3, 0.4) is 0 Å². The van der Waals surface area contributed by atoms with Gasteiger partial charge in [-0.3, -0.25) is 9.59 Å². The fraction of sp³-hybridized carbons (Fsp3) is 0.444. The van der Waals surface area contributed by atoms with Gasteiger partial charge in [-0.1, -0.05) is 24.2 Å². The summed E-state index contributed by atoms with van der Waals surface area (Å²) in [6, 6.07) is 3.26. The van der Waals surface area contributed by atoms with Crippen LogP contribution >= 0.6 is 11.6 Å². The molecule has 3 aliphatic heterocycles. The molecule has 11 heteroatoms. The Kier molecular flexibility index (Phi) is 5.79. The van der Waals surface area contributed by atoms with Crippen LogP contribution in [0.4, 0.5) is 10.2 Å². The van der Waals surface area contributed by atoms with Gasteiger partial charge in [0.1, 0.15) is 40.3 Å². The fourth-order valence-corrected chi connectivity index (χ4v) is 5.81. The third-order valence-electron chi connectivity index (χ3n) is 7.66. The van der Waals surface area contributed by atoms with Crippen molar-refractivity contribution >= 4 is 29.2 Å². The maximum atomic E-state index is 15.1. The van der Waals surface area contributed by atoms with Gasteiger partial charge in [-0.2, -0.15) is 0 Å². The second kappa shape index (κ2) is 9.74. The van der Waals surface area contributed by atoms with Crippen LogP contribution in [0.1, 0.15) is 34.7 Å². The molecule has 2 saturated heterocycles. The number of aromatic nitrogens is 1. The molecule has 3 aliphatic rings. The lowest BCUT2D eigenvalue weighted by Crippen LogP contribution is -2.57. The number of hydrogen-bond acceptors (Lipinski definition) is 7. The molecule has 0 spiro atoms. The van der Waals surface area contributed by atoms with Crippen LogP contribution in [-0.2, 0) is 9.53 Å². The lowest BCUT2D eigenvalue weighted by atomic mass is 9.97. The van der Waals surface area contributed by atoms with E-state index in [9.17, 15) is 14.7 Å². The number of phenolic OH excluding ortho intramolecular Hbond substituents is 1. The lowest BCUT2D eigenvalue weighted by molar-refractivity contribution is -0.128. The monoisotopic (exact) mass is 547 g/mol. The Balaban J connectivity index is 1.68. The van der Waals surface area contributed by atoms with Crippen molar-refractivity contribution in [3.63, 3.8) is 0 Å². The van der Waals surface area contributed by atoms with E-state index < -0.39 is 42.2 Å². The summed E-state index contributed by atoms with van der Waals surface area (Å²) < 4.78 is 49.5. The third-order valence-corrected chi connectivity index (χ3v) is 8.01. The predicted molar refractivity (Wildman–Crippen MR) is 140 cm³/mol. The molecule has 0 radical (unpaired) electrons. The second-order valence-corrected chi connectivity index (χ2v) is 10.5. The van der Waals surface area contributed by atoms with Crippen LogP contribution < -0.4 is 9.64 Å². The number of rotatable bonds is 4. The van der Waals surface area contributed by atoms with Crippen LogP contribution in [0.2, 0.25) is 5.02 Å². The highest BCUT2D eigenvalue weighted by Gasteiger charge is 2.47. The average molecular weight is 548 g/mol. The Labute approximate surface area is 229 Å². The number of anilines is 1. The standard InChI is InChI=1S/C27H30ClFN4O5/c1-5-19(35)31-11-12-32-15(13-31)14-38-24-21(26(32)36)25(33-10-9-18(37-4)27(33,2)3)30-23(22(24)28)20-16(29)7-6-8-17(20)34/h5-8,15,18,34H,1,9-14H2,2-4H3/t15-,18?/m1/s1/i4D3. The van der Waals surface area contributed by atoms with Gasteiger partial charge in [0, 0.05) is 33.2 Å². The molecule has 2 fully saturated rings. The first-order valence-electron chi connectivity index (χ1n) is 13.8. The van der Waals surface area contributed by atoms with E-state index in [-0.39, 0.29) is 72.1 Å². The Morgan fingerprint density at radius 3 is 2.87 bits per heavy atom. The first-order chi connectivity index (χ1) is 19.2. The Morgan fingerprint density at radius 2 is 2.16 bits per heavy atom. The molecule has 1 aromatic carbocycles. The fourth-order valence-electron chi connectivity index (χ4n) is 5.53. The number of aromatic hydroxyl groups is 1. The van der Waals surface area contributed by atoms with E-state index in [0.29, 0.717) is 6.42 Å². The number of ether oxygens (including phenoxy) is 2. The molecular formula is C27H30ClFN4O5. The number of piperazine rings is 1. The number of pyridine rings is 1. The first-order valence-corrected chi connectivity index (χ1v) is 12.6. The molecule has 2 atom stereocenters. The van der Waals surface area contributed by atoms with Gasteiger partial charge in [-0.25, -0.2) is 9.37 Å². The van der Waals surface area contributed by atoms with Crippen molar-refractivity contribution in [1.82, 2.24) is 14.8 Å². The summed E-state index contributed by atoms with van der Waals surface area (Å²) in [5.41, 5.74) is -1.35. The number of halogens is 2. The number of nitrogens with zero attached hydrogens (tertiary/aromatic N) is 4. The summed E-state index contributed by atoms with van der Waals surface area (Å²) in [6.07, 6.45) is 0.768. The number of phenols is 1. The smallest absolute Gasteiger partial charge is 0.261 e. The van der Waals surface area contributed by atoms with Gasteiger partial charge in [-0.05, 0) is 38.5 Å².